The molecule has 3 nitrogen and oxygen atoms in total. The van der Waals surface area contributed by atoms with E-state index in [9.17, 15) is 10.2 Å². The predicted octanol–water partition coefficient (Wildman–Crippen LogP) is 6.42. The molecule has 1 atom stereocenters. The van der Waals surface area contributed by atoms with Crippen LogP contribution in [-0.4, -0.2) is 22.2 Å². The molecule has 26 heavy (non-hydrogen) atoms. The molecular weight excluding hydrogens is 322 g/mol. The lowest BCUT2D eigenvalue weighted by Gasteiger charge is -2.31. The molecule has 0 aromatic carbocycles. The molecule has 156 valence electrons. The van der Waals surface area contributed by atoms with Gasteiger partial charge in [-0.1, -0.05) is 96.8 Å². The highest BCUT2D eigenvalue weighted by Gasteiger charge is 2.29. The number of hydrogen-bond donors (Lipinski definition) is 3. The topological polar surface area (TPSA) is 52.5 Å². The molecule has 1 saturated carbocycles. The molecular formula is C23H47NO2. The molecule has 0 spiro atoms. The Balaban J connectivity index is 1.86. The van der Waals surface area contributed by atoms with E-state index in [0.29, 0.717) is 0 Å². The summed E-state index contributed by atoms with van der Waals surface area (Å²) < 4.78 is 0. The van der Waals surface area contributed by atoms with E-state index >= 15 is 0 Å². The van der Waals surface area contributed by atoms with Gasteiger partial charge in [-0.3, -0.25) is 5.32 Å². The second-order valence-electron chi connectivity index (χ2n) is 8.64. The lowest BCUT2D eigenvalue weighted by atomic mass is 10.0. The van der Waals surface area contributed by atoms with Crippen molar-refractivity contribution >= 4 is 0 Å². The molecule has 0 bridgehead atoms. The summed E-state index contributed by atoms with van der Waals surface area (Å²) in [7, 11) is 0. The fraction of sp³-hybridized carbons (Fsp3) is 1.00. The minimum absolute atomic E-state index is 0.550. The van der Waals surface area contributed by atoms with Gasteiger partial charge < -0.3 is 10.2 Å². The first-order valence-electron chi connectivity index (χ1n) is 11.8. The number of aliphatic hydroxyl groups excluding tert-OH is 1. The van der Waals surface area contributed by atoms with Crippen molar-refractivity contribution in [2.75, 3.05) is 0 Å². The van der Waals surface area contributed by atoms with Crippen LogP contribution in [0.1, 0.15) is 135 Å². The SMILES string of the molecule is CCCCCCCCCCCCCCCC(O)NC1(O)CCCCCC1. The fourth-order valence-electron chi connectivity index (χ4n) is 4.20. The molecule has 0 saturated heterocycles. The van der Waals surface area contributed by atoms with Crippen molar-refractivity contribution in [1.29, 1.82) is 0 Å². The maximum Gasteiger partial charge on any atom is 0.117 e. The van der Waals surface area contributed by atoms with Gasteiger partial charge in [0.25, 0.3) is 0 Å². The molecule has 3 heteroatoms. The average molecular weight is 370 g/mol. The van der Waals surface area contributed by atoms with Crippen molar-refractivity contribution in [3.8, 4) is 0 Å². The Hall–Kier alpha value is -0.120. The maximum absolute atomic E-state index is 10.6. The second kappa shape index (κ2) is 15.9. The number of rotatable bonds is 16. The molecule has 0 heterocycles. The Morgan fingerprint density at radius 3 is 1.58 bits per heavy atom. The van der Waals surface area contributed by atoms with Crippen molar-refractivity contribution in [3.05, 3.63) is 0 Å². The van der Waals surface area contributed by atoms with Crippen LogP contribution in [0.25, 0.3) is 0 Å². The largest absolute Gasteiger partial charge is 0.379 e. The third-order valence-electron chi connectivity index (χ3n) is 5.95. The maximum atomic E-state index is 10.6. The van der Waals surface area contributed by atoms with Crippen molar-refractivity contribution in [2.45, 2.75) is 147 Å². The summed E-state index contributed by atoms with van der Waals surface area (Å²) >= 11 is 0. The zero-order chi connectivity index (χ0) is 18.9. The Morgan fingerprint density at radius 1 is 0.692 bits per heavy atom. The van der Waals surface area contributed by atoms with Crippen LogP contribution >= 0.6 is 0 Å². The first-order chi connectivity index (χ1) is 12.7. The summed E-state index contributed by atoms with van der Waals surface area (Å²) in [5.74, 6) is 0. The van der Waals surface area contributed by atoms with Gasteiger partial charge in [0.15, 0.2) is 0 Å². The van der Waals surface area contributed by atoms with Crippen LogP contribution in [-0.2, 0) is 0 Å². The molecule has 1 rings (SSSR count). The standard InChI is InChI=1S/C23H47NO2/c1-2-3-4-5-6-7-8-9-10-11-12-13-16-19-22(25)24-23(26)20-17-14-15-18-21-23/h22,24-26H,2-21H2,1H3. The average Bonchev–Trinajstić information content (AvgIpc) is 2.83. The molecule has 1 unspecified atom stereocenters. The Labute approximate surface area is 163 Å². The van der Waals surface area contributed by atoms with Crippen LogP contribution in [0.2, 0.25) is 0 Å². The summed E-state index contributed by atoms with van der Waals surface area (Å²) in [6, 6.07) is 0. The van der Waals surface area contributed by atoms with Crippen LogP contribution in [0, 0.1) is 0 Å². The molecule has 0 aliphatic heterocycles. The van der Waals surface area contributed by atoms with Crippen molar-refractivity contribution in [2.24, 2.45) is 0 Å². The minimum atomic E-state index is -0.827. The molecule has 1 aliphatic rings. The van der Waals surface area contributed by atoms with Crippen LogP contribution in [0.3, 0.4) is 0 Å². The van der Waals surface area contributed by atoms with Gasteiger partial charge >= 0.3 is 0 Å². The van der Waals surface area contributed by atoms with Gasteiger partial charge in [-0.25, -0.2) is 0 Å². The van der Waals surface area contributed by atoms with Crippen molar-refractivity contribution in [3.63, 3.8) is 0 Å². The van der Waals surface area contributed by atoms with E-state index in [1.165, 1.54) is 89.9 Å². The minimum Gasteiger partial charge on any atom is -0.379 e. The monoisotopic (exact) mass is 369 g/mol. The summed E-state index contributed by atoms with van der Waals surface area (Å²) in [6.07, 6.45) is 23.8. The highest BCUT2D eigenvalue weighted by Crippen LogP contribution is 2.25. The van der Waals surface area contributed by atoms with Gasteiger partial charge in [0, 0.05) is 0 Å². The Morgan fingerprint density at radius 2 is 1.12 bits per heavy atom. The highest BCUT2D eigenvalue weighted by atomic mass is 16.3. The normalized spacial score (nSPS) is 18.6. The smallest absolute Gasteiger partial charge is 0.117 e. The van der Waals surface area contributed by atoms with E-state index in [4.69, 9.17) is 0 Å². The molecule has 0 aromatic heterocycles. The number of nitrogens with one attached hydrogen (secondary N) is 1. The van der Waals surface area contributed by atoms with E-state index in [-0.39, 0.29) is 0 Å². The summed E-state index contributed by atoms with van der Waals surface area (Å²) in [4.78, 5) is 0. The molecule has 3 N–H and O–H groups in total. The zero-order valence-electron chi connectivity index (χ0n) is 17.6. The summed E-state index contributed by atoms with van der Waals surface area (Å²) in [5.41, 5.74) is -0.827. The van der Waals surface area contributed by atoms with Gasteiger partial charge in [-0.2, -0.15) is 0 Å². The molecule has 0 amide bonds. The third kappa shape index (κ3) is 13.1. The lowest BCUT2D eigenvalue weighted by molar-refractivity contribution is -0.0592. The zero-order valence-corrected chi connectivity index (χ0v) is 17.6. The second-order valence-corrected chi connectivity index (χ2v) is 8.64. The van der Waals surface area contributed by atoms with E-state index in [0.717, 1.165) is 38.5 Å². The van der Waals surface area contributed by atoms with E-state index < -0.39 is 12.0 Å². The van der Waals surface area contributed by atoms with Crippen LogP contribution in [0.4, 0.5) is 0 Å². The first kappa shape index (κ1) is 23.9. The number of unbranched alkanes of at least 4 members (excludes halogenated alkanes) is 12. The summed E-state index contributed by atoms with van der Waals surface area (Å²) in [6.45, 7) is 2.28. The quantitative estimate of drug-likeness (QED) is 0.167. The predicted molar refractivity (Wildman–Crippen MR) is 112 cm³/mol. The van der Waals surface area contributed by atoms with Crippen LogP contribution < -0.4 is 5.32 Å². The van der Waals surface area contributed by atoms with Gasteiger partial charge in [0.1, 0.15) is 12.0 Å². The van der Waals surface area contributed by atoms with Gasteiger partial charge in [0.05, 0.1) is 0 Å². The van der Waals surface area contributed by atoms with Crippen molar-refractivity contribution < 1.29 is 10.2 Å². The Kier molecular flexibility index (Phi) is 14.6. The van der Waals surface area contributed by atoms with E-state index in [2.05, 4.69) is 12.2 Å². The lowest BCUT2D eigenvalue weighted by Crippen LogP contribution is -2.50. The third-order valence-corrected chi connectivity index (χ3v) is 5.95. The number of aliphatic hydroxyl groups is 2. The Bertz CT molecular complexity index is 301. The number of hydrogen-bond acceptors (Lipinski definition) is 3. The van der Waals surface area contributed by atoms with Gasteiger partial charge in [-0.15, -0.1) is 0 Å². The molecule has 1 aliphatic carbocycles. The fourth-order valence-corrected chi connectivity index (χ4v) is 4.20. The van der Waals surface area contributed by atoms with Gasteiger partial charge in [0.2, 0.25) is 0 Å². The van der Waals surface area contributed by atoms with E-state index in [1.54, 1.807) is 0 Å². The van der Waals surface area contributed by atoms with Crippen LogP contribution in [0.15, 0.2) is 0 Å². The molecule has 1 fully saturated rings. The first-order valence-corrected chi connectivity index (χ1v) is 11.8. The van der Waals surface area contributed by atoms with Crippen molar-refractivity contribution in [1.82, 2.24) is 5.32 Å². The molecule has 0 aromatic rings. The van der Waals surface area contributed by atoms with E-state index in [1.807, 2.05) is 0 Å². The summed E-state index contributed by atoms with van der Waals surface area (Å²) in [5, 5.41) is 23.8. The highest BCUT2D eigenvalue weighted by molar-refractivity contribution is 4.79. The molecule has 0 radical (unpaired) electrons. The van der Waals surface area contributed by atoms with Gasteiger partial charge in [-0.05, 0) is 38.5 Å². The van der Waals surface area contributed by atoms with Crippen LogP contribution in [0.5, 0.6) is 0 Å².